The monoisotopic (exact) mass is 348 g/mol. The van der Waals surface area contributed by atoms with Crippen molar-refractivity contribution in [2.45, 2.75) is 0 Å². The minimum atomic E-state index is 0.692. The minimum absolute atomic E-state index is 0.692. The third-order valence-corrected chi connectivity index (χ3v) is 3.59. The van der Waals surface area contributed by atoms with Gasteiger partial charge in [0.05, 0.1) is 19.8 Å². The molecule has 0 saturated heterocycles. The molecule has 84 valence electrons. The second kappa shape index (κ2) is 4.96. The van der Waals surface area contributed by atoms with Crippen LogP contribution >= 0.6 is 34.1 Å². The second-order valence-corrected chi connectivity index (χ2v) is 4.63. The number of halogens is 1. The largest absolute Gasteiger partial charge is 0.493 e. The summed E-state index contributed by atoms with van der Waals surface area (Å²) in [6, 6.07) is 5.71. The quantitative estimate of drug-likeness (QED) is 0.801. The van der Waals surface area contributed by atoms with Gasteiger partial charge in [-0.15, -0.1) is 0 Å². The molecular formula is C10H9IN2O2S. The topological polar surface area (TPSA) is 44.2 Å². The molecule has 0 fully saturated rings. The van der Waals surface area contributed by atoms with Crippen LogP contribution in [0.15, 0.2) is 18.2 Å². The lowest BCUT2D eigenvalue weighted by Gasteiger charge is -2.10. The second-order valence-electron chi connectivity index (χ2n) is 2.91. The number of methoxy groups -OCH3 is 2. The Kier molecular flexibility index (Phi) is 3.59. The van der Waals surface area contributed by atoms with Crippen LogP contribution in [0.1, 0.15) is 0 Å². The van der Waals surface area contributed by atoms with Crippen molar-refractivity contribution < 1.29 is 9.47 Å². The molecule has 0 radical (unpaired) electrons. The standard InChI is InChI=1S/C10H9IN2O2S/c1-14-7-5-3-4-6(8(7)15-2)9-12-10(11)13-16-9/h3-5H,1-2H3. The Morgan fingerprint density at radius 3 is 2.62 bits per heavy atom. The van der Waals surface area contributed by atoms with E-state index in [0.717, 1.165) is 14.4 Å². The van der Waals surface area contributed by atoms with E-state index in [0.29, 0.717) is 11.5 Å². The Hall–Kier alpha value is -0.890. The molecule has 0 spiro atoms. The van der Waals surface area contributed by atoms with Crippen LogP contribution in [0.5, 0.6) is 11.5 Å². The summed E-state index contributed by atoms with van der Waals surface area (Å²) in [4.78, 5) is 4.32. The fourth-order valence-corrected chi connectivity index (χ4v) is 2.66. The van der Waals surface area contributed by atoms with E-state index in [1.165, 1.54) is 11.5 Å². The highest BCUT2D eigenvalue weighted by molar-refractivity contribution is 14.1. The van der Waals surface area contributed by atoms with Gasteiger partial charge in [-0.25, -0.2) is 4.98 Å². The molecule has 0 saturated carbocycles. The zero-order valence-electron chi connectivity index (χ0n) is 8.73. The molecule has 1 aromatic heterocycles. The first-order valence-electron chi connectivity index (χ1n) is 4.47. The fraction of sp³-hybridized carbons (Fsp3) is 0.200. The van der Waals surface area contributed by atoms with Gasteiger partial charge in [0.15, 0.2) is 11.5 Å². The van der Waals surface area contributed by atoms with E-state index in [4.69, 9.17) is 9.47 Å². The number of benzene rings is 1. The van der Waals surface area contributed by atoms with Crippen LogP contribution < -0.4 is 9.47 Å². The molecule has 0 aliphatic heterocycles. The third kappa shape index (κ3) is 2.12. The summed E-state index contributed by atoms with van der Waals surface area (Å²) in [7, 11) is 3.23. The first kappa shape index (κ1) is 11.6. The van der Waals surface area contributed by atoms with Gasteiger partial charge in [-0.1, -0.05) is 6.07 Å². The van der Waals surface area contributed by atoms with Gasteiger partial charge in [0.2, 0.25) is 3.83 Å². The minimum Gasteiger partial charge on any atom is -0.493 e. The average Bonchev–Trinajstić information content (AvgIpc) is 2.74. The maximum absolute atomic E-state index is 5.34. The van der Waals surface area contributed by atoms with Crippen molar-refractivity contribution in [3.8, 4) is 22.1 Å². The molecule has 0 unspecified atom stereocenters. The highest BCUT2D eigenvalue weighted by atomic mass is 127. The first-order chi connectivity index (χ1) is 7.76. The van der Waals surface area contributed by atoms with E-state index < -0.39 is 0 Å². The molecule has 4 nitrogen and oxygen atoms in total. The molecule has 0 amide bonds. The lowest BCUT2D eigenvalue weighted by molar-refractivity contribution is 0.356. The maximum Gasteiger partial charge on any atom is 0.203 e. The number of hydrogen-bond acceptors (Lipinski definition) is 5. The van der Waals surface area contributed by atoms with Crippen molar-refractivity contribution in [3.05, 3.63) is 22.0 Å². The van der Waals surface area contributed by atoms with Crippen LogP contribution in [-0.2, 0) is 0 Å². The van der Waals surface area contributed by atoms with Gasteiger partial charge in [-0.3, -0.25) is 0 Å². The summed E-state index contributed by atoms with van der Waals surface area (Å²) in [5.41, 5.74) is 0.905. The SMILES string of the molecule is COc1cccc(-c2nc(I)ns2)c1OC. The van der Waals surface area contributed by atoms with E-state index in [1.54, 1.807) is 14.2 Å². The molecule has 1 heterocycles. The highest BCUT2D eigenvalue weighted by Gasteiger charge is 2.14. The number of ether oxygens (including phenoxy) is 2. The van der Waals surface area contributed by atoms with Crippen molar-refractivity contribution >= 4 is 34.1 Å². The molecule has 16 heavy (non-hydrogen) atoms. The van der Waals surface area contributed by atoms with Crippen LogP contribution in [0.4, 0.5) is 0 Å². The van der Waals surface area contributed by atoms with Gasteiger partial charge in [0, 0.05) is 22.6 Å². The maximum atomic E-state index is 5.34. The van der Waals surface area contributed by atoms with Crippen molar-refractivity contribution in [1.29, 1.82) is 0 Å². The van der Waals surface area contributed by atoms with Crippen molar-refractivity contribution in [3.63, 3.8) is 0 Å². The lowest BCUT2D eigenvalue weighted by atomic mass is 10.2. The Morgan fingerprint density at radius 2 is 2.06 bits per heavy atom. The van der Waals surface area contributed by atoms with Crippen LogP contribution in [-0.4, -0.2) is 23.6 Å². The van der Waals surface area contributed by atoms with Gasteiger partial charge in [-0.2, -0.15) is 4.37 Å². The van der Waals surface area contributed by atoms with Crippen molar-refractivity contribution in [2.24, 2.45) is 0 Å². The molecular weight excluding hydrogens is 339 g/mol. The van der Waals surface area contributed by atoms with Gasteiger partial charge < -0.3 is 9.47 Å². The molecule has 0 bridgehead atoms. The summed E-state index contributed by atoms with van der Waals surface area (Å²) < 4.78 is 15.5. The lowest BCUT2D eigenvalue weighted by Crippen LogP contribution is -1.92. The van der Waals surface area contributed by atoms with Crippen LogP contribution in [0.2, 0.25) is 0 Å². The van der Waals surface area contributed by atoms with Gasteiger partial charge in [0.1, 0.15) is 5.01 Å². The molecule has 2 aromatic rings. The van der Waals surface area contributed by atoms with E-state index in [-0.39, 0.29) is 0 Å². The summed E-state index contributed by atoms with van der Waals surface area (Å²) in [6.07, 6.45) is 0. The Bertz CT molecular complexity index is 501. The fourth-order valence-electron chi connectivity index (χ4n) is 1.37. The zero-order chi connectivity index (χ0) is 11.5. The normalized spacial score (nSPS) is 10.2. The van der Waals surface area contributed by atoms with Crippen LogP contribution in [0, 0.1) is 3.83 Å². The van der Waals surface area contributed by atoms with Crippen LogP contribution in [0.3, 0.4) is 0 Å². The number of para-hydroxylation sites is 1. The van der Waals surface area contributed by atoms with E-state index in [1.807, 2.05) is 18.2 Å². The zero-order valence-corrected chi connectivity index (χ0v) is 11.7. The molecule has 1 aromatic carbocycles. The van der Waals surface area contributed by atoms with Gasteiger partial charge >= 0.3 is 0 Å². The summed E-state index contributed by atoms with van der Waals surface area (Å²) in [5, 5.41) is 0.833. The molecule has 0 aliphatic carbocycles. The molecule has 2 rings (SSSR count). The number of aromatic nitrogens is 2. The van der Waals surface area contributed by atoms with E-state index in [2.05, 4.69) is 31.9 Å². The van der Waals surface area contributed by atoms with Gasteiger partial charge in [-0.05, 0) is 23.7 Å². The summed E-state index contributed by atoms with van der Waals surface area (Å²) in [6.45, 7) is 0. The Morgan fingerprint density at radius 1 is 1.25 bits per heavy atom. The number of hydrogen-bond donors (Lipinski definition) is 0. The average molecular weight is 348 g/mol. The number of nitrogens with zero attached hydrogens (tertiary/aromatic N) is 2. The molecule has 0 atom stereocenters. The van der Waals surface area contributed by atoms with Crippen molar-refractivity contribution in [2.75, 3.05) is 14.2 Å². The highest BCUT2D eigenvalue weighted by Crippen LogP contribution is 2.38. The predicted molar refractivity (Wildman–Crippen MR) is 71.2 cm³/mol. The van der Waals surface area contributed by atoms with Crippen LogP contribution in [0.25, 0.3) is 10.6 Å². The third-order valence-electron chi connectivity index (χ3n) is 2.03. The van der Waals surface area contributed by atoms with Crippen molar-refractivity contribution in [1.82, 2.24) is 9.36 Å². The predicted octanol–water partition coefficient (Wildman–Crippen LogP) is 2.83. The molecule has 0 N–H and O–H groups in total. The number of rotatable bonds is 3. The summed E-state index contributed by atoms with van der Waals surface area (Å²) >= 11 is 3.43. The molecule has 0 aliphatic rings. The van der Waals surface area contributed by atoms with E-state index >= 15 is 0 Å². The Balaban J connectivity index is 2.56. The van der Waals surface area contributed by atoms with Gasteiger partial charge in [0.25, 0.3) is 0 Å². The van der Waals surface area contributed by atoms with E-state index in [9.17, 15) is 0 Å². The smallest absolute Gasteiger partial charge is 0.203 e. The Labute approximate surface area is 111 Å². The first-order valence-corrected chi connectivity index (χ1v) is 6.32. The summed E-state index contributed by atoms with van der Waals surface area (Å²) in [5.74, 6) is 1.39. The molecule has 6 heteroatoms.